The lowest BCUT2D eigenvalue weighted by Crippen LogP contribution is -2.20. The number of amides is 1. The Labute approximate surface area is 123 Å². The van der Waals surface area contributed by atoms with E-state index in [1.807, 2.05) is 37.3 Å². The molecule has 0 aliphatic rings. The van der Waals surface area contributed by atoms with E-state index in [0.717, 1.165) is 12.1 Å². The zero-order chi connectivity index (χ0) is 15.2. The van der Waals surface area contributed by atoms with Gasteiger partial charge in [0.1, 0.15) is 6.54 Å². The minimum atomic E-state index is -0.958. The van der Waals surface area contributed by atoms with Gasteiger partial charge < -0.3 is 15.0 Å². The maximum Gasteiger partial charge on any atom is 0.337 e. The summed E-state index contributed by atoms with van der Waals surface area (Å²) < 4.78 is 1.70. The van der Waals surface area contributed by atoms with Crippen LogP contribution in [0, 0.1) is 0 Å². The average Bonchev–Trinajstić information content (AvgIpc) is 2.83. The Morgan fingerprint density at radius 1 is 1.19 bits per heavy atom. The highest BCUT2D eigenvalue weighted by molar-refractivity contribution is 5.92. The fraction of sp³-hybridized carbons (Fsp3) is 0.250. The second kappa shape index (κ2) is 6.74. The molecule has 0 fully saturated rings. The van der Waals surface area contributed by atoms with E-state index in [1.54, 1.807) is 16.8 Å². The molecule has 0 atom stereocenters. The highest BCUT2D eigenvalue weighted by Crippen LogP contribution is 2.14. The van der Waals surface area contributed by atoms with Gasteiger partial charge in [0, 0.05) is 17.6 Å². The van der Waals surface area contributed by atoms with Crippen molar-refractivity contribution < 1.29 is 14.7 Å². The molecule has 5 heteroatoms. The van der Waals surface area contributed by atoms with Gasteiger partial charge >= 0.3 is 5.97 Å². The van der Waals surface area contributed by atoms with Crippen molar-refractivity contribution in [1.29, 1.82) is 0 Å². The quantitative estimate of drug-likeness (QED) is 0.857. The van der Waals surface area contributed by atoms with Crippen molar-refractivity contribution in [3.8, 4) is 0 Å². The number of hydrogen-bond donors (Lipinski definition) is 2. The van der Waals surface area contributed by atoms with Crippen molar-refractivity contribution in [1.82, 2.24) is 4.57 Å². The molecule has 2 rings (SSSR count). The molecule has 2 N–H and O–H groups in total. The van der Waals surface area contributed by atoms with Crippen LogP contribution in [0.2, 0.25) is 0 Å². The van der Waals surface area contributed by atoms with E-state index in [0.29, 0.717) is 12.1 Å². The summed E-state index contributed by atoms with van der Waals surface area (Å²) in [5.74, 6) is -1.13. The van der Waals surface area contributed by atoms with Gasteiger partial charge in [-0.15, -0.1) is 0 Å². The van der Waals surface area contributed by atoms with Crippen molar-refractivity contribution in [3.05, 3.63) is 53.9 Å². The fourth-order valence-electron chi connectivity index (χ4n) is 2.24. The summed E-state index contributed by atoms with van der Waals surface area (Å²) in [5.41, 5.74) is 1.68. The van der Waals surface area contributed by atoms with Crippen molar-refractivity contribution in [2.45, 2.75) is 26.3 Å². The molecule has 110 valence electrons. The second-order valence-corrected chi connectivity index (χ2v) is 4.77. The van der Waals surface area contributed by atoms with Gasteiger partial charge in [-0.1, -0.05) is 31.5 Å². The van der Waals surface area contributed by atoms with Crippen LogP contribution in [0.25, 0.3) is 0 Å². The van der Waals surface area contributed by atoms with Crippen molar-refractivity contribution in [2.75, 3.05) is 5.32 Å². The zero-order valence-corrected chi connectivity index (χ0v) is 11.9. The summed E-state index contributed by atoms with van der Waals surface area (Å²) in [7, 11) is 0. The molecule has 1 heterocycles. The molecule has 0 bridgehead atoms. The predicted molar refractivity (Wildman–Crippen MR) is 80.5 cm³/mol. The lowest BCUT2D eigenvalue weighted by atomic mass is 10.1. The number of rotatable bonds is 6. The topological polar surface area (TPSA) is 71.3 Å². The third-order valence-corrected chi connectivity index (χ3v) is 3.17. The molecule has 1 amide bonds. The molecule has 0 saturated carbocycles. The third-order valence-electron chi connectivity index (χ3n) is 3.17. The molecule has 0 saturated heterocycles. The van der Waals surface area contributed by atoms with E-state index in [2.05, 4.69) is 5.32 Å². The first kappa shape index (κ1) is 14.8. The van der Waals surface area contributed by atoms with E-state index < -0.39 is 5.97 Å². The Morgan fingerprint density at radius 3 is 2.52 bits per heavy atom. The van der Waals surface area contributed by atoms with Gasteiger partial charge in [0.2, 0.25) is 5.91 Å². The summed E-state index contributed by atoms with van der Waals surface area (Å²) in [4.78, 5) is 23.2. The van der Waals surface area contributed by atoms with Gasteiger partial charge in [0.05, 0.1) is 5.56 Å². The lowest BCUT2D eigenvalue weighted by molar-refractivity contribution is -0.116. The molecule has 2 aromatic rings. The number of hydrogen-bond acceptors (Lipinski definition) is 2. The lowest BCUT2D eigenvalue weighted by Gasteiger charge is -2.10. The Bertz CT molecular complexity index is 632. The van der Waals surface area contributed by atoms with Gasteiger partial charge in [-0.05, 0) is 24.6 Å². The first-order chi connectivity index (χ1) is 10.1. The van der Waals surface area contributed by atoms with Crippen LogP contribution >= 0.6 is 0 Å². The van der Waals surface area contributed by atoms with Gasteiger partial charge in [0.15, 0.2) is 0 Å². The van der Waals surface area contributed by atoms with E-state index in [4.69, 9.17) is 5.11 Å². The SMILES string of the molecule is CCCc1c(C(=O)O)ccn1CC(=O)Nc1ccccc1. The minimum Gasteiger partial charge on any atom is -0.478 e. The van der Waals surface area contributed by atoms with Crippen LogP contribution in [0.1, 0.15) is 29.4 Å². The van der Waals surface area contributed by atoms with Crippen LogP contribution in [0.4, 0.5) is 5.69 Å². The van der Waals surface area contributed by atoms with Crippen LogP contribution in [-0.4, -0.2) is 21.6 Å². The molecule has 21 heavy (non-hydrogen) atoms. The van der Waals surface area contributed by atoms with Gasteiger partial charge in [-0.2, -0.15) is 0 Å². The Hall–Kier alpha value is -2.56. The highest BCUT2D eigenvalue weighted by atomic mass is 16.4. The number of carbonyl (C=O) groups excluding carboxylic acids is 1. The molecule has 1 aromatic heterocycles. The summed E-state index contributed by atoms with van der Waals surface area (Å²) in [6.07, 6.45) is 3.11. The Balaban J connectivity index is 2.12. The number of aromatic nitrogens is 1. The smallest absolute Gasteiger partial charge is 0.337 e. The largest absolute Gasteiger partial charge is 0.478 e. The maximum absolute atomic E-state index is 12.0. The summed E-state index contributed by atoms with van der Waals surface area (Å²) in [5, 5.41) is 12.0. The number of para-hydroxylation sites is 1. The predicted octanol–water partition coefficient (Wildman–Crippen LogP) is 2.78. The molecule has 0 unspecified atom stereocenters. The first-order valence-electron chi connectivity index (χ1n) is 6.88. The summed E-state index contributed by atoms with van der Waals surface area (Å²) >= 11 is 0. The fourth-order valence-corrected chi connectivity index (χ4v) is 2.24. The Kier molecular flexibility index (Phi) is 4.77. The van der Waals surface area contributed by atoms with Crippen molar-refractivity contribution in [2.24, 2.45) is 0 Å². The number of carboxylic acids is 1. The molecular formula is C16H18N2O3. The van der Waals surface area contributed by atoms with E-state index in [1.165, 1.54) is 0 Å². The van der Waals surface area contributed by atoms with E-state index in [9.17, 15) is 9.59 Å². The number of anilines is 1. The number of benzene rings is 1. The average molecular weight is 286 g/mol. The molecule has 0 aliphatic carbocycles. The third kappa shape index (κ3) is 3.72. The van der Waals surface area contributed by atoms with Gasteiger partial charge in [0.25, 0.3) is 0 Å². The summed E-state index contributed by atoms with van der Waals surface area (Å²) in [6, 6.07) is 10.7. The maximum atomic E-state index is 12.0. The van der Waals surface area contributed by atoms with Crippen LogP contribution in [0.5, 0.6) is 0 Å². The zero-order valence-electron chi connectivity index (χ0n) is 11.9. The number of nitrogens with one attached hydrogen (secondary N) is 1. The van der Waals surface area contributed by atoms with Crippen LogP contribution in [0.3, 0.4) is 0 Å². The van der Waals surface area contributed by atoms with Gasteiger partial charge in [-0.3, -0.25) is 4.79 Å². The van der Waals surface area contributed by atoms with E-state index in [-0.39, 0.29) is 18.0 Å². The molecule has 0 aliphatic heterocycles. The molecule has 0 radical (unpaired) electrons. The molecule has 1 aromatic carbocycles. The monoisotopic (exact) mass is 286 g/mol. The standard InChI is InChI=1S/C16H18N2O3/c1-2-6-14-13(16(20)21)9-10-18(14)11-15(19)17-12-7-4-3-5-8-12/h3-5,7-10H,2,6,11H2,1H3,(H,17,19)(H,20,21). The Morgan fingerprint density at radius 2 is 1.90 bits per heavy atom. The van der Waals surface area contributed by atoms with Crippen LogP contribution in [-0.2, 0) is 17.8 Å². The van der Waals surface area contributed by atoms with Crippen molar-refractivity contribution >= 4 is 17.6 Å². The minimum absolute atomic E-state index is 0.109. The van der Waals surface area contributed by atoms with E-state index >= 15 is 0 Å². The van der Waals surface area contributed by atoms with Crippen LogP contribution < -0.4 is 5.32 Å². The van der Waals surface area contributed by atoms with Crippen molar-refractivity contribution in [3.63, 3.8) is 0 Å². The number of aromatic carboxylic acids is 1. The number of carbonyl (C=O) groups is 2. The molecule has 0 spiro atoms. The molecule has 5 nitrogen and oxygen atoms in total. The highest BCUT2D eigenvalue weighted by Gasteiger charge is 2.15. The number of nitrogens with zero attached hydrogens (tertiary/aromatic N) is 1. The second-order valence-electron chi connectivity index (χ2n) is 4.77. The van der Waals surface area contributed by atoms with Gasteiger partial charge in [-0.25, -0.2) is 4.79 Å². The first-order valence-corrected chi connectivity index (χ1v) is 6.88. The summed E-state index contributed by atoms with van der Waals surface area (Å²) in [6.45, 7) is 2.09. The van der Waals surface area contributed by atoms with Crippen LogP contribution in [0.15, 0.2) is 42.6 Å². The number of carboxylic acid groups (broad SMARTS) is 1. The molecular weight excluding hydrogens is 268 g/mol. The normalized spacial score (nSPS) is 10.3.